The zero-order chi connectivity index (χ0) is 15.5. The summed E-state index contributed by atoms with van der Waals surface area (Å²) in [5, 5.41) is 3.26. The molecule has 0 aliphatic carbocycles. The SMILES string of the molecule is CNC1CCN(C(=O)CN2C(=O)CSc3ccccc32)CC1. The number of likely N-dealkylation sites (tertiary alicyclic amines) is 1. The average Bonchev–Trinajstić information content (AvgIpc) is 2.57. The zero-order valence-corrected chi connectivity index (χ0v) is 13.6. The van der Waals surface area contributed by atoms with Gasteiger partial charge in [0, 0.05) is 24.0 Å². The Morgan fingerprint density at radius 2 is 2.05 bits per heavy atom. The number of carbonyl (C=O) groups excluding carboxylic acids is 2. The predicted molar refractivity (Wildman–Crippen MR) is 88.2 cm³/mol. The van der Waals surface area contributed by atoms with Crippen LogP contribution in [0.15, 0.2) is 29.2 Å². The molecule has 2 amide bonds. The van der Waals surface area contributed by atoms with Crippen molar-refractivity contribution in [1.29, 1.82) is 0 Å². The van der Waals surface area contributed by atoms with Crippen LogP contribution in [-0.4, -0.2) is 55.2 Å². The highest BCUT2D eigenvalue weighted by atomic mass is 32.2. The maximum atomic E-state index is 12.5. The first-order valence-electron chi connectivity index (χ1n) is 7.66. The lowest BCUT2D eigenvalue weighted by molar-refractivity contribution is -0.132. The molecule has 0 radical (unpaired) electrons. The minimum Gasteiger partial charge on any atom is -0.341 e. The average molecular weight is 319 g/mol. The Bertz CT molecular complexity index is 570. The van der Waals surface area contributed by atoms with Gasteiger partial charge in [-0.25, -0.2) is 0 Å². The number of amides is 2. The number of thioether (sulfide) groups is 1. The summed E-state index contributed by atoms with van der Waals surface area (Å²) >= 11 is 1.54. The number of piperidine rings is 1. The molecule has 2 aliphatic heterocycles. The van der Waals surface area contributed by atoms with E-state index in [0.717, 1.165) is 36.5 Å². The third-order valence-corrected chi connectivity index (χ3v) is 5.41. The van der Waals surface area contributed by atoms with Crippen molar-refractivity contribution >= 4 is 29.3 Å². The van der Waals surface area contributed by atoms with Crippen LogP contribution in [0.2, 0.25) is 0 Å². The lowest BCUT2D eigenvalue weighted by Gasteiger charge is -2.34. The highest BCUT2D eigenvalue weighted by Crippen LogP contribution is 2.34. The molecule has 0 spiro atoms. The van der Waals surface area contributed by atoms with Gasteiger partial charge >= 0.3 is 0 Å². The summed E-state index contributed by atoms with van der Waals surface area (Å²) in [5.74, 6) is 0.471. The number of rotatable bonds is 3. The standard InChI is InChI=1S/C16H21N3O2S/c1-17-12-6-8-18(9-7-12)15(20)10-19-13-4-2-3-5-14(13)22-11-16(19)21/h2-5,12,17H,6-11H2,1H3. The Hall–Kier alpha value is -1.53. The summed E-state index contributed by atoms with van der Waals surface area (Å²) in [4.78, 5) is 29.3. The molecule has 6 heteroatoms. The summed E-state index contributed by atoms with van der Waals surface area (Å²) in [6.45, 7) is 1.69. The second-order valence-corrected chi connectivity index (χ2v) is 6.70. The highest BCUT2D eigenvalue weighted by molar-refractivity contribution is 8.00. The molecule has 5 nitrogen and oxygen atoms in total. The Morgan fingerprint density at radius 1 is 1.32 bits per heavy atom. The van der Waals surface area contributed by atoms with Crippen molar-refractivity contribution in [3.63, 3.8) is 0 Å². The van der Waals surface area contributed by atoms with E-state index < -0.39 is 0 Å². The molecule has 0 atom stereocenters. The molecule has 0 saturated carbocycles. The van der Waals surface area contributed by atoms with E-state index in [1.165, 1.54) is 0 Å². The molecule has 1 saturated heterocycles. The molecule has 118 valence electrons. The number of anilines is 1. The maximum Gasteiger partial charge on any atom is 0.242 e. The van der Waals surface area contributed by atoms with Crippen LogP contribution in [-0.2, 0) is 9.59 Å². The second-order valence-electron chi connectivity index (χ2n) is 5.68. The van der Waals surface area contributed by atoms with Gasteiger partial charge in [-0.1, -0.05) is 12.1 Å². The lowest BCUT2D eigenvalue weighted by atomic mass is 10.1. The monoisotopic (exact) mass is 319 g/mol. The van der Waals surface area contributed by atoms with Gasteiger partial charge in [-0.2, -0.15) is 0 Å². The summed E-state index contributed by atoms with van der Waals surface area (Å²) in [6.07, 6.45) is 1.95. The van der Waals surface area contributed by atoms with Crippen molar-refractivity contribution in [2.24, 2.45) is 0 Å². The summed E-state index contributed by atoms with van der Waals surface area (Å²) in [5.41, 5.74) is 0.863. The number of hydrogen-bond acceptors (Lipinski definition) is 4. The van der Waals surface area contributed by atoms with E-state index in [1.807, 2.05) is 36.2 Å². The van der Waals surface area contributed by atoms with Gasteiger partial charge in [-0.15, -0.1) is 11.8 Å². The Balaban J connectivity index is 1.68. The summed E-state index contributed by atoms with van der Waals surface area (Å²) < 4.78 is 0. The molecule has 1 aromatic rings. The summed E-state index contributed by atoms with van der Waals surface area (Å²) in [7, 11) is 1.96. The number of fused-ring (bicyclic) bond motifs is 1. The van der Waals surface area contributed by atoms with E-state index >= 15 is 0 Å². The molecule has 2 heterocycles. The first-order chi connectivity index (χ1) is 10.7. The number of benzene rings is 1. The van der Waals surface area contributed by atoms with Crippen molar-refractivity contribution in [1.82, 2.24) is 10.2 Å². The van der Waals surface area contributed by atoms with Gasteiger partial charge in [0.15, 0.2) is 0 Å². The number of hydrogen-bond donors (Lipinski definition) is 1. The van der Waals surface area contributed by atoms with Gasteiger partial charge < -0.3 is 15.1 Å². The molecule has 0 unspecified atom stereocenters. The first kappa shape index (κ1) is 15.4. The first-order valence-corrected chi connectivity index (χ1v) is 8.65. The quantitative estimate of drug-likeness (QED) is 0.913. The van der Waals surface area contributed by atoms with Gasteiger partial charge in [-0.3, -0.25) is 9.59 Å². The molecule has 3 rings (SSSR count). The fraction of sp³-hybridized carbons (Fsp3) is 0.500. The normalized spacial score (nSPS) is 19.2. The van der Waals surface area contributed by atoms with Crippen molar-refractivity contribution in [2.75, 3.05) is 37.3 Å². The van der Waals surface area contributed by atoms with E-state index in [0.29, 0.717) is 11.8 Å². The minimum absolute atomic E-state index is 0.0159. The van der Waals surface area contributed by atoms with Crippen molar-refractivity contribution in [2.45, 2.75) is 23.8 Å². The number of carbonyl (C=O) groups is 2. The molecule has 2 aliphatic rings. The molecular weight excluding hydrogens is 298 g/mol. The predicted octanol–water partition coefficient (Wildman–Crippen LogP) is 1.34. The van der Waals surface area contributed by atoms with Crippen LogP contribution in [0.5, 0.6) is 0 Å². The maximum absolute atomic E-state index is 12.5. The molecule has 0 aromatic heterocycles. The van der Waals surface area contributed by atoms with Crippen LogP contribution in [0.1, 0.15) is 12.8 Å². The van der Waals surface area contributed by atoms with Crippen LogP contribution in [0, 0.1) is 0 Å². The highest BCUT2D eigenvalue weighted by Gasteiger charge is 2.29. The van der Waals surface area contributed by atoms with Gasteiger partial charge in [0.25, 0.3) is 0 Å². The molecular formula is C16H21N3O2S. The fourth-order valence-corrected chi connectivity index (χ4v) is 3.92. The van der Waals surface area contributed by atoms with Gasteiger partial charge in [0.05, 0.1) is 11.4 Å². The van der Waals surface area contributed by atoms with Gasteiger partial charge in [0.2, 0.25) is 11.8 Å². The third-order valence-electron chi connectivity index (χ3n) is 4.36. The van der Waals surface area contributed by atoms with E-state index in [9.17, 15) is 9.59 Å². The zero-order valence-electron chi connectivity index (χ0n) is 12.7. The molecule has 1 N–H and O–H groups in total. The fourth-order valence-electron chi connectivity index (χ4n) is 2.98. The Labute approximate surface area is 135 Å². The number of para-hydroxylation sites is 1. The lowest BCUT2D eigenvalue weighted by Crippen LogP contribution is -2.49. The summed E-state index contributed by atoms with van der Waals surface area (Å²) in [6, 6.07) is 8.29. The van der Waals surface area contributed by atoms with Crippen LogP contribution in [0.4, 0.5) is 5.69 Å². The van der Waals surface area contributed by atoms with E-state index in [4.69, 9.17) is 0 Å². The Kier molecular flexibility index (Phi) is 4.69. The van der Waals surface area contributed by atoms with E-state index in [-0.39, 0.29) is 18.4 Å². The second kappa shape index (κ2) is 6.71. The largest absolute Gasteiger partial charge is 0.341 e. The molecule has 1 aromatic carbocycles. The minimum atomic E-state index is 0.0159. The van der Waals surface area contributed by atoms with Gasteiger partial charge in [-0.05, 0) is 32.0 Å². The Morgan fingerprint density at radius 3 is 2.77 bits per heavy atom. The number of nitrogens with zero attached hydrogens (tertiary/aromatic N) is 2. The molecule has 22 heavy (non-hydrogen) atoms. The molecule has 1 fully saturated rings. The van der Waals surface area contributed by atoms with Crippen molar-refractivity contribution in [3.05, 3.63) is 24.3 Å². The van der Waals surface area contributed by atoms with E-state index in [1.54, 1.807) is 16.7 Å². The topological polar surface area (TPSA) is 52.7 Å². The molecule has 0 bridgehead atoms. The van der Waals surface area contributed by atoms with Crippen LogP contribution < -0.4 is 10.2 Å². The van der Waals surface area contributed by atoms with Crippen LogP contribution in [0.25, 0.3) is 0 Å². The number of nitrogens with one attached hydrogen (secondary N) is 1. The van der Waals surface area contributed by atoms with Crippen molar-refractivity contribution < 1.29 is 9.59 Å². The van der Waals surface area contributed by atoms with Crippen molar-refractivity contribution in [3.8, 4) is 0 Å². The smallest absolute Gasteiger partial charge is 0.242 e. The van der Waals surface area contributed by atoms with E-state index in [2.05, 4.69) is 5.32 Å². The van der Waals surface area contributed by atoms with Gasteiger partial charge in [0.1, 0.15) is 6.54 Å². The third kappa shape index (κ3) is 3.13. The van der Waals surface area contributed by atoms with Crippen LogP contribution in [0.3, 0.4) is 0 Å². The van der Waals surface area contributed by atoms with Crippen LogP contribution >= 0.6 is 11.8 Å².